The number of rotatable bonds is 15. The molecule has 0 saturated heterocycles. The number of hydrogen-bond donors (Lipinski definition) is 3. The normalized spacial score (nSPS) is 9.96. The van der Waals surface area contributed by atoms with Gasteiger partial charge in [-0.05, 0) is 68.4 Å². The highest BCUT2D eigenvalue weighted by molar-refractivity contribution is 6.07. The van der Waals surface area contributed by atoms with Crippen LogP contribution in [0.5, 0.6) is 0 Å². The number of pyridine rings is 2. The van der Waals surface area contributed by atoms with Crippen LogP contribution in [-0.4, -0.2) is 79.0 Å². The largest absolute Gasteiger partial charge is 0.466 e. The first-order chi connectivity index (χ1) is 25.0. The van der Waals surface area contributed by atoms with Crippen molar-refractivity contribution in [2.75, 3.05) is 66.6 Å². The van der Waals surface area contributed by atoms with Crippen molar-refractivity contribution in [3.05, 3.63) is 106 Å². The van der Waals surface area contributed by atoms with E-state index in [1.54, 1.807) is 88.7 Å². The highest BCUT2D eigenvalue weighted by atomic mass is 35.5. The molecule has 2 aromatic carbocycles. The molecule has 2 heterocycles. The summed E-state index contributed by atoms with van der Waals surface area (Å²) in [6.07, 6.45) is 3.18. The average Bonchev–Trinajstić information content (AvgIpc) is 3.15. The molecule has 4 rings (SSSR count). The summed E-state index contributed by atoms with van der Waals surface area (Å²) in [4.78, 5) is 71.1. The zero-order chi connectivity index (χ0) is 38.0. The number of carbonyl (C=O) groups is 4. The molecule has 17 heteroatoms. The summed E-state index contributed by atoms with van der Waals surface area (Å²) in [5, 5.41) is 16.9. The zero-order valence-corrected chi connectivity index (χ0v) is 30.6. The molecule has 2 aromatic heterocycles. The molecule has 0 bridgehead atoms. The van der Waals surface area contributed by atoms with Crippen molar-refractivity contribution < 1.29 is 35.0 Å². The van der Waals surface area contributed by atoms with Gasteiger partial charge < -0.3 is 25.8 Å². The Balaban J connectivity index is 0.000000522. The van der Waals surface area contributed by atoms with Crippen LogP contribution in [-0.2, 0) is 19.1 Å². The number of carbonyl (C=O) groups excluding carboxylic acids is 4. The Morgan fingerprint density at radius 3 is 1.58 bits per heavy atom. The second kappa shape index (κ2) is 21.8. The number of nitrogens with zero attached hydrogens (tertiary/aromatic N) is 5. The molecule has 0 radical (unpaired) electrons. The van der Waals surface area contributed by atoms with Crippen LogP contribution in [0.2, 0.25) is 0 Å². The summed E-state index contributed by atoms with van der Waals surface area (Å²) in [5.74, 6) is -0.773. The van der Waals surface area contributed by atoms with Gasteiger partial charge in [0.1, 0.15) is 17.3 Å². The number of nitro groups is 1. The van der Waals surface area contributed by atoms with Crippen LogP contribution in [0.3, 0.4) is 0 Å². The molecule has 4 aromatic rings. The second-order valence-corrected chi connectivity index (χ2v) is 10.7. The number of nitrogens with one attached hydrogen (secondary N) is 2. The van der Waals surface area contributed by atoms with E-state index in [1.807, 2.05) is 0 Å². The number of ether oxygens (including phenoxy) is 2. The van der Waals surface area contributed by atoms with Gasteiger partial charge in [0, 0.05) is 58.2 Å². The molecular formula is C36H45ClN8O8. The first kappa shape index (κ1) is 42.9. The van der Waals surface area contributed by atoms with Gasteiger partial charge >= 0.3 is 11.9 Å². The molecule has 0 fully saturated rings. The molecule has 53 heavy (non-hydrogen) atoms. The van der Waals surface area contributed by atoms with Crippen LogP contribution < -0.4 is 26.2 Å². The maximum Gasteiger partial charge on any atom is 0.307 e. The second-order valence-electron chi connectivity index (χ2n) is 10.7. The van der Waals surface area contributed by atoms with Gasteiger partial charge in [-0.1, -0.05) is 12.1 Å². The molecule has 0 unspecified atom stereocenters. The van der Waals surface area contributed by atoms with Gasteiger partial charge in [0.2, 0.25) is 0 Å². The highest BCUT2D eigenvalue weighted by Gasteiger charge is 2.24. The minimum Gasteiger partial charge on any atom is -0.466 e. The fraction of sp³-hybridized carbons (Fsp3) is 0.278. The number of anilines is 5. The monoisotopic (exact) mass is 752 g/mol. The third-order valence-electron chi connectivity index (χ3n) is 7.31. The van der Waals surface area contributed by atoms with E-state index in [0.717, 1.165) is 5.69 Å². The van der Waals surface area contributed by atoms with E-state index in [1.165, 1.54) is 34.2 Å². The lowest BCUT2D eigenvalue weighted by molar-refractivity contribution is -0.384. The number of benzene rings is 2. The number of esters is 2. The fourth-order valence-corrected chi connectivity index (χ4v) is 4.80. The molecule has 4 N–H and O–H groups in total. The first-order valence-electron chi connectivity index (χ1n) is 16.3. The summed E-state index contributed by atoms with van der Waals surface area (Å²) >= 11 is 0. The Bertz CT molecular complexity index is 1840. The number of hydrogen-bond acceptors (Lipinski definition) is 13. The molecule has 16 nitrogen and oxygen atoms in total. The lowest BCUT2D eigenvalue weighted by atomic mass is 10.1. The van der Waals surface area contributed by atoms with E-state index >= 15 is 0 Å². The smallest absolute Gasteiger partial charge is 0.307 e. The number of aromatic nitrogens is 2. The Kier molecular flexibility index (Phi) is 17.7. The van der Waals surface area contributed by atoms with Crippen LogP contribution in [0.1, 0.15) is 48.8 Å². The van der Waals surface area contributed by atoms with E-state index in [-0.39, 0.29) is 69.5 Å². The van der Waals surface area contributed by atoms with Crippen molar-refractivity contribution in [2.24, 2.45) is 0 Å². The number of amides is 2. The summed E-state index contributed by atoms with van der Waals surface area (Å²) < 4.78 is 9.84. The number of nitrogens with two attached hydrogens (primary N) is 1. The van der Waals surface area contributed by atoms with E-state index in [9.17, 15) is 29.3 Å². The molecule has 0 atom stereocenters. The maximum absolute atomic E-state index is 13.0. The zero-order valence-electron chi connectivity index (χ0n) is 29.8. The minimum absolute atomic E-state index is 0. The average molecular weight is 753 g/mol. The van der Waals surface area contributed by atoms with Crippen molar-refractivity contribution in [1.82, 2.24) is 9.97 Å². The lowest BCUT2D eigenvalue weighted by Gasteiger charge is -2.22. The predicted molar refractivity (Wildman–Crippen MR) is 207 cm³/mol. The van der Waals surface area contributed by atoms with Crippen LogP contribution in [0.4, 0.5) is 34.4 Å². The SMILES string of the molecule is CCOC(=O)CCN(C(=O)c1ccc(NC)c(N)c1)c1ccccn1.CCOC(=O)CCN(C(=O)c1ccc(NC)c([N+](=O)[O-])c1)c1ccccn1.Cl.[HH]. The van der Waals surface area contributed by atoms with Crippen LogP contribution >= 0.6 is 12.4 Å². The Hall–Kier alpha value is -6.29. The van der Waals surface area contributed by atoms with Gasteiger partial charge in [0.05, 0.1) is 42.4 Å². The van der Waals surface area contributed by atoms with E-state index < -0.39 is 16.8 Å². The molecule has 0 aliphatic heterocycles. The van der Waals surface area contributed by atoms with Crippen molar-refractivity contribution in [2.45, 2.75) is 26.7 Å². The van der Waals surface area contributed by atoms with Gasteiger partial charge in [-0.25, -0.2) is 9.97 Å². The minimum atomic E-state index is -0.563. The van der Waals surface area contributed by atoms with E-state index in [0.29, 0.717) is 35.2 Å². The predicted octanol–water partition coefficient (Wildman–Crippen LogP) is 5.60. The Morgan fingerprint density at radius 1 is 0.755 bits per heavy atom. The fourth-order valence-electron chi connectivity index (χ4n) is 4.80. The molecule has 0 aliphatic rings. The summed E-state index contributed by atoms with van der Waals surface area (Å²) in [6, 6.07) is 19.5. The van der Waals surface area contributed by atoms with Crippen LogP contribution in [0, 0.1) is 10.1 Å². The Labute approximate surface area is 314 Å². The van der Waals surface area contributed by atoms with Crippen LogP contribution in [0.15, 0.2) is 85.2 Å². The Morgan fingerprint density at radius 2 is 1.21 bits per heavy atom. The molecule has 2 amide bonds. The quantitative estimate of drug-likeness (QED) is 0.0584. The number of nitrogen functional groups attached to an aromatic ring is 1. The van der Waals surface area contributed by atoms with Gasteiger partial charge in [0.25, 0.3) is 17.5 Å². The van der Waals surface area contributed by atoms with Crippen molar-refractivity contribution in [3.63, 3.8) is 0 Å². The highest BCUT2D eigenvalue weighted by Crippen LogP contribution is 2.27. The summed E-state index contributed by atoms with van der Waals surface area (Å²) in [6.45, 7) is 4.19. The van der Waals surface area contributed by atoms with Gasteiger partial charge in [-0.2, -0.15) is 0 Å². The van der Waals surface area contributed by atoms with Crippen molar-refractivity contribution in [1.29, 1.82) is 0 Å². The van der Waals surface area contributed by atoms with E-state index in [4.69, 9.17) is 15.2 Å². The molecular weight excluding hydrogens is 708 g/mol. The summed E-state index contributed by atoms with van der Waals surface area (Å²) in [7, 11) is 3.32. The first-order valence-corrected chi connectivity index (χ1v) is 16.3. The summed E-state index contributed by atoms with van der Waals surface area (Å²) in [5.41, 5.74) is 7.79. The third kappa shape index (κ3) is 12.5. The molecule has 0 spiro atoms. The van der Waals surface area contributed by atoms with Gasteiger partial charge in [-0.15, -0.1) is 12.4 Å². The standard InChI is InChI=1S/C18H20N4O5.C18H22N4O3.ClH.H2/c1-3-27-17(23)9-11-21(16-6-4-5-10-20-16)18(24)13-7-8-14(19-2)15(12-13)22(25)26;1-3-25-17(23)9-11-22(16-6-4-5-10-21-16)18(24)13-7-8-15(20-2)14(19)12-13;;/h4-8,10,12,19H,3,9,11H2,1-2H3;4-8,10,12,20H,3,9,11,19H2,1-2H3;2*1H. The number of halogens is 1. The maximum atomic E-state index is 13.0. The topological polar surface area (TPSA) is 212 Å². The molecule has 0 saturated carbocycles. The number of nitro benzene ring substituents is 1. The van der Waals surface area contributed by atoms with Gasteiger partial charge in [-0.3, -0.25) is 39.1 Å². The molecule has 0 aliphatic carbocycles. The lowest BCUT2D eigenvalue weighted by Crippen LogP contribution is -2.34. The van der Waals surface area contributed by atoms with Crippen molar-refractivity contribution in [3.8, 4) is 0 Å². The molecule has 284 valence electrons. The van der Waals surface area contributed by atoms with Crippen LogP contribution in [0.25, 0.3) is 0 Å². The van der Waals surface area contributed by atoms with Gasteiger partial charge in [0.15, 0.2) is 0 Å². The van der Waals surface area contributed by atoms with Crippen molar-refractivity contribution >= 4 is 70.5 Å². The van der Waals surface area contributed by atoms with E-state index in [2.05, 4.69) is 20.6 Å². The third-order valence-corrected chi connectivity index (χ3v) is 7.31.